The van der Waals surface area contributed by atoms with E-state index < -0.39 is 0 Å². The topological polar surface area (TPSA) is 78.6 Å². The zero-order valence-electron chi connectivity index (χ0n) is 12.1. The highest BCUT2D eigenvalue weighted by Crippen LogP contribution is 2.35. The second kappa shape index (κ2) is 5.61. The van der Waals surface area contributed by atoms with E-state index in [-0.39, 0.29) is 17.1 Å². The average molecular weight is 297 g/mol. The molecular weight excluding hydrogens is 282 g/mol. The summed E-state index contributed by atoms with van der Waals surface area (Å²) in [5.74, 6) is -0.106. The van der Waals surface area contributed by atoms with Crippen LogP contribution in [-0.2, 0) is 4.74 Å². The van der Waals surface area contributed by atoms with Crippen molar-refractivity contribution in [3.63, 3.8) is 0 Å². The molecule has 2 aromatic rings. The second-order valence-corrected chi connectivity index (χ2v) is 4.95. The summed E-state index contributed by atoms with van der Waals surface area (Å²) >= 11 is 0. The average Bonchev–Trinajstić information content (AvgIpc) is 2.52. The predicted octanol–water partition coefficient (Wildman–Crippen LogP) is 2.07. The van der Waals surface area contributed by atoms with Gasteiger partial charge in [-0.2, -0.15) is 0 Å². The summed E-state index contributed by atoms with van der Waals surface area (Å²) in [4.78, 5) is 25.4. The standard InChI is InChI=1S/C17H15NO4/c1-21-8-9-22-13-7-3-5-11-15(13)17(20)10-4-2-6-12(18)14(10)16(11)19/h2-7H,8-9,18H2,1H3. The largest absolute Gasteiger partial charge is 0.490 e. The lowest BCUT2D eigenvalue weighted by molar-refractivity contribution is 0.0973. The molecular formula is C17H15NO4. The van der Waals surface area contributed by atoms with Gasteiger partial charge in [-0.1, -0.05) is 24.3 Å². The maximum atomic E-state index is 12.7. The number of hydrogen-bond donors (Lipinski definition) is 1. The second-order valence-electron chi connectivity index (χ2n) is 4.95. The normalized spacial score (nSPS) is 12.8. The SMILES string of the molecule is COCCOc1cccc2c1C(=O)c1cccc(N)c1C2=O. The van der Waals surface area contributed by atoms with E-state index in [9.17, 15) is 9.59 Å². The molecule has 0 radical (unpaired) electrons. The molecule has 2 N–H and O–H groups in total. The molecule has 0 aromatic heterocycles. The summed E-state index contributed by atoms with van der Waals surface area (Å²) in [6.45, 7) is 0.702. The number of ketones is 2. The van der Waals surface area contributed by atoms with Crippen molar-refractivity contribution >= 4 is 17.3 Å². The lowest BCUT2D eigenvalue weighted by atomic mass is 9.83. The summed E-state index contributed by atoms with van der Waals surface area (Å²) < 4.78 is 10.5. The molecule has 3 rings (SSSR count). The van der Waals surface area contributed by atoms with Gasteiger partial charge in [0.05, 0.1) is 17.7 Å². The van der Waals surface area contributed by atoms with Crippen molar-refractivity contribution in [3.05, 3.63) is 58.7 Å². The number of carbonyl (C=O) groups excluding carboxylic acids is 2. The quantitative estimate of drug-likeness (QED) is 0.589. The molecule has 0 aliphatic heterocycles. The lowest BCUT2D eigenvalue weighted by Crippen LogP contribution is -2.23. The van der Waals surface area contributed by atoms with Crippen LogP contribution >= 0.6 is 0 Å². The zero-order valence-corrected chi connectivity index (χ0v) is 12.1. The molecule has 0 bridgehead atoms. The number of benzene rings is 2. The van der Waals surface area contributed by atoms with E-state index in [1.54, 1.807) is 43.5 Å². The molecule has 5 heteroatoms. The zero-order chi connectivity index (χ0) is 15.7. The number of hydrogen-bond acceptors (Lipinski definition) is 5. The van der Waals surface area contributed by atoms with Crippen LogP contribution in [0.5, 0.6) is 5.75 Å². The molecule has 112 valence electrons. The molecule has 1 aliphatic carbocycles. The molecule has 0 heterocycles. The van der Waals surface area contributed by atoms with E-state index in [1.807, 2.05) is 0 Å². The number of nitrogen functional groups attached to an aromatic ring is 1. The first kappa shape index (κ1) is 14.3. The fourth-order valence-electron chi connectivity index (χ4n) is 2.59. The van der Waals surface area contributed by atoms with E-state index in [4.69, 9.17) is 15.2 Å². The van der Waals surface area contributed by atoms with Gasteiger partial charge in [-0.15, -0.1) is 0 Å². The van der Waals surface area contributed by atoms with Gasteiger partial charge in [-0.3, -0.25) is 9.59 Å². The van der Waals surface area contributed by atoms with E-state index in [1.165, 1.54) is 0 Å². The van der Waals surface area contributed by atoms with Crippen molar-refractivity contribution in [3.8, 4) is 5.75 Å². The van der Waals surface area contributed by atoms with Gasteiger partial charge in [-0.25, -0.2) is 0 Å². The number of ether oxygens (including phenoxy) is 2. The van der Waals surface area contributed by atoms with Crippen LogP contribution in [0.3, 0.4) is 0 Å². The molecule has 1 aliphatic rings. The molecule has 5 nitrogen and oxygen atoms in total. The Morgan fingerprint density at radius 2 is 1.55 bits per heavy atom. The van der Waals surface area contributed by atoms with Crippen LogP contribution < -0.4 is 10.5 Å². The van der Waals surface area contributed by atoms with Gasteiger partial charge in [0.25, 0.3) is 0 Å². The third kappa shape index (κ3) is 2.16. The van der Waals surface area contributed by atoms with E-state index in [0.717, 1.165) is 0 Å². The first-order valence-corrected chi connectivity index (χ1v) is 6.87. The number of fused-ring (bicyclic) bond motifs is 2. The minimum Gasteiger partial charge on any atom is -0.490 e. The minimum absolute atomic E-state index is 0.245. The van der Waals surface area contributed by atoms with E-state index in [0.29, 0.717) is 41.3 Å². The molecule has 0 atom stereocenters. The summed E-state index contributed by atoms with van der Waals surface area (Å²) in [6, 6.07) is 9.88. The maximum absolute atomic E-state index is 12.7. The Labute approximate surface area is 127 Å². The van der Waals surface area contributed by atoms with E-state index in [2.05, 4.69) is 0 Å². The molecule has 0 saturated heterocycles. The molecule has 0 spiro atoms. The highest BCUT2D eigenvalue weighted by atomic mass is 16.5. The fraction of sp³-hybridized carbons (Fsp3) is 0.176. The number of anilines is 1. The third-order valence-electron chi connectivity index (χ3n) is 3.61. The van der Waals surface area contributed by atoms with Crippen molar-refractivity contribution in [2.24, 2.45) is 0 Å². The Morgan fingerprint density at radius 1 is 0.909 bits per heavy atom. The summed E-state index contributed by atoms with van der Waals surface area (Å²) in [5.41, 5.74) is 7.39. The lowest BCUT2D eigenvalue weighted by Gasteiger charge is -2.21. The third-order valence-corrected chi connectivity index (χ3v) is 3.61. The Balaban J connectivity index is 2.11. The Bertz CT molecular complexity index is 767. The van der Waals surface area contributed by atoms with Gasteiger partial charge >= 0.3 is 0 Å². The molecule has 0 amide bonds. The molecule has 0 unspecified atom stereocenters. The summed E-state index contributed by atoms with van der Waals surface area (Å²) in [7, 11) is 1.57. The molecule has 0 fully saturated rings. The van der Waals surface area contributed by atoms with Gasteiger partial charge in [0.2, 0.25) is 0 Å². The number of carbonyl (C=O) groups is 2. The van der Waals surface area contributed by atoms with Crippen molar-refractivity contribution in [2.45, 2.75) is 0 Å². The van der Waals surface area contributed by atoms with Gasteiger partial charge in [0.15, 0.2) is 11.6 Å². The summed E-state index contributed by atoms with van der Waals surface area (Å²) in [5, 5.41) is 0. The first-order chi connectivity index (χ1) is 10.6. The summed E-state index contributed by atoms with van der Waals surface area (Å²) in [6.07, 6.45) is 0. The molecule has 0 saturated carbocycles. The monoisotopic (exact) mass is 297 g/mol. The van der Waals surface area contributed by atoms with Crippen molar-refractivity contribution in [2.75, 3.05) is 26.1 Å². The molecule has 2 aromatic carbocycles. The number of methoxy groups -OCH3 is 1. The Hall–Kier alpha value is -2.66. The Morgan fingerprint density at radius 3 is 2.27 bits per heavy atom. The van der Waals surface area contributed by atoms with Gasteiger partial charge < -0.3 is 15.2 Å². The van der Waals surface area contributed by atoms with Crippen LogP contribution in [0.15, 0.2) is 36.4 Å². The first-order valence-electron chi connectivity index (χ1n) is 6.87. The van der Waals surface area contributed by atoms with Crippen molar-refractivity contribution in [1.29, 1.82) is 0 Å². The number of nitrogens with two attached hydrogens (primary N) is 1. The van der Waals surface area contributed by atoms with Crippen LogP contribution in [0.2, 0.25) is 0 Å². The van der Waals surface area contributed by atoms with Crippen LogP contribution in [0.25, 0.3) is 0 Å². The van der Waals surface area contributed by atoms with Gasteiger partial charge in [0.1, 0.15) is 12.4 Å². The highest BCUT2D eigenvalue weighted by molar-refractivity contribution is 6.30. The van der Waals surface area contributed by atoms with Crippen LogP contribution in [-0.4, -0.2) is 31.9 Å². The highest BCUT2D eigenvalue weighted by Gasteiger charge is 2.33. The number of rotatable bonds is 4. The van der Waals surface area contributed by atoms with Crippen LogP contribution in [0.4, 0.5) is 5.69 Å². The fourth-order valence-corrected chi connectivity index (χ4v) is 2.59. The van der Waals surface area contributed by atoms with Crippen LogP contribution in [0.1, 0.15) is 31.8 Å². The van der Waals surface area contributed by atoms with Gasteiger partial charge in [0, 0.05) is 23.9 Å². The van der Waals surface area contributed by atoms with Crippen molar-refractivity contribution < 1.29 is 19.1 Å². The van der Waals surface area contributed by atoms with Crippen molar-refractivity contribution in [1.82, 2.24) is 0 Å². The predicted molar refractivity (Wildman–Crippen MR) is 81.5 cm³/mol. The smallest absolute Gasteiger partial charge is 0.198 e. The maximum Gasteiger partial charge on any atom is 0.198 e. The minimum atomic E-state index is -0.250. The Kier molecular flexibility index (Phi) is 3.65. The van der Waals surface area contributed by atoms with Crippen LogP contribution in [0, 0.1) is 0 Å². The molecule has 22 heavy (non-hydrogen) atoms. The van der Waals surface area contributed by atoms with Gasteiger partial charge in [-0.05, 0) is 12.1 Å². The van der Waals surface area contributed by atoms with E-state index >= 15 is 0 Å².